The van der Waals surface area contributed by atoms with Crippen molar-refractivity contribution < 1.29 is 19.1 Å². The van der Waals surface area contributed by atoms with E-state index in [1.165, 1.54) is 7.11 Å². The van der Waals surface area contributed by atoms with Crippen LogP contribution in [0.3, 0.4) is 0 Å². The Morgan fingerprint density at radius 2 is 1.69 bits per heavy atom. The summed E-state index contributed by atoms with van der Waals surface area (Å²) in [7, 11) is 1.29. The summed E-state index contributed by atoms with van der Waals surface area (Å²) < 4.78 is 10.1. The number of hydrogen-bond donors (Lipinski definition) is 1. The summed E-state index contributed by atoms with van der Waals surface area (Å²) in [4.78, 5) is 25.0. The van der Waals surface area contributed by atoms with Crippen molar-refractivity contribution in [1.29, 1.82) is 0 Å². The molecule has 1 heterocycles. The number of allylic oxidation sites excluding steroid dienone is 2. The Morgan fingerprint density at radius 3 is 2.23 bits per heavy atom. The van der Waals surface area contributed by atoms with Gasteiger partial charge in [0.1, 0.15) is 0 Å². The van der Waals surface area contributed by atoms with Gasteiger partial charge in [-0.15, -0.1) is 12.4 Å². The molecule has 0 radical (unpaired) electrons. The molecule has 8 heteroatoms. The van der Waals surface area contributed by atoms with Crippen LogP contribution in [0.4, 0.5) is 0 Å². The first kappa shape index (κ1) is 22.4. The standard InChI is InChI=1S/C18H19Cl2NO4.ClH/c1-5-25-18(23)14-10(3)21-9(2)13(17(22)24-4)15(14)11-7-6-8-12(19)16(11)20;/h6-8,15,21H,5H2,1-4H3;1H. The van der Waals surface area contributed by atoms with Crippen LogP contribution < -0.4 is 5.32 Å². The predicted molar refractivity (Wildman–Crippen MR) is 104 cm³/mol. The molecule has 0 aromatic heterocycles. The number of esters is 2. The Kier molecular flexibility index (Phi) is 8.00. The molecule has 0 saturated heterocycles. The van der Waals surface area contributed by atoms with Crippen molar-refractivity contribution in [3.8, 4) is 0 Å². The summed E-state index contributed by atoms with van der Waals surface area (Å²) >= 11 is 12.5. The highest BCUT2D eigenvalue weighted by Gasteiger charge is 2.38. The molecule has 0 amide bonds. The Balaban J connectivity index is 0.00000338. The maximum Gasteiger partial charge on any atom is 0.336 e. The minimum absolute atomic E-state index is 0. The Hall–Kier alpha value is -1.69. The molecule has 1 aromatic rings. The first-order chi connectivity index (χ1) is 11.8. The van der Waals surface area contributed by atoms with Crippen LogP contribution in [0.25, 0.3) is 0 Å². The van der Waals surface area contributed by atoms with Gasteiger partial charge in [-0.05, 0) is 32.4 Å². The summed E-state index contributed by atoms with van der Waals surface area (Å²) in [5.74, 6) is -1.82. The van der Waals surface area contributed by atoms with E-state index in [1.807, 2.05) is 0 Å². The summed E-state index contributed by atoms with van der Waals surface area (Å²) in [6.07, 6.45) is 0. The highest BCUT2D eigenvalue weighted by molar-refractivity contribution is 6.42. The maximum absolute atomic E-state index is 12.6. The number of dihydropyridines is 1. The first-order valence-electron chi connectivity index (χ1n) is 7.71. The number of methoxy groups -OCH3 is 1. The van der Waals surface area contributed by atoms with Gasteiger partial charge in [0.15, 0.2) is 0 Å². The second-order valence-corrected chi connectivity index (χ2v) is 6.28. The largest absolute Gasteiger partial charge is 0.466 e. The molecular formula is C18H20Cl3NO4. The van der Waals surface area contributed by atoms with Gasteiger partial charge < -0.3 is 14.8 Å². The maximum atomic E-state index is 12.6. The zero-order chi connectivity index (χ0) is 18.7. The summed E-state index contributed by atoms with van der Waals surface area (Å²) in [5.41, 5.74) is 2.30. The third kappa shape index (κ3) is 4.17. The van der Waals surface area contributed by atoms with Crippen LogP contribution in [-0.4, -0.2) is 25.7 Å². The van der Waals surface area contributed by atoms with Gasteiger partial charge in [-0.2, -0.15) is 0 Å². The van der Waals surface area contributed by atoms with Gasteiger partial charge >= 0.3 is 11.9 Å². The quantitative estimate of drug-likeness (QED) is 0.732. The lowest BCUT2D eigenvalue weighted by Gasteiger charge is -2.30. The predicted octanol–water partition coefficient (Wildman–Crippen LogP) is 4.39. The van der Waals surface area contributed by atoms with E-state index in [0.717, 1.165) is 0 Å². The molecule has 1 aromatic carbocycles. The number of rotatable bonds is 4. The SMILES string of the molecule is CCOC(=O)C1=C(C)NC(C)=C(C(=O)OC)C1c1cccc(Cl)c1Cl.Cl. The van der Waals surface area contributed by atoms with E-state index in [0.29, 0.717) is 33.1 Å². The fourth-order valence-corrected chi connectivity index (χ4v) is 3.33. The van der Waals surface area contributed by atoms with Crippen LogP contribution >= 0.6 is 35.6 Å². The molecule has 0 spiro atoms. The topological polar surface area (TPSA) is 64.6 Å². The van der Waals surface area contributed by atoms with Crippen LogP contribution in [0.5, 0.6) is 0 Å². The molecule has 1 aliphatic heterocycles. The van der Waals surface area contributed by atoms with Crippen molar-refractivity contribution in [2.24, 2.45) is 0 Å². The van der Waals surface area contributed by atoms with Crippen LogP contribution in [0.2, 0.25) is 10.0 Å². The third-order valence-corrected chi connectivity index (χ3v) is 4.79. The zero-order valence-corrected chi connectivity index (χ0v) is 17.1. The van der Waals surface area contributed by atoms with Gasteiger partial charge in [-0.25, -0.2) is 9.59 Å². The average molecular weight is 421 g/mol. The summed E-state index contributed by atoms with van der Waals surface area (Å²) in [6.45, 7) is 5.41. The van der Waals surface area contributed by atoms with Gasteiger partial charge in [0.05, 0.1) is 40.8 Å². The Bertz CT molecular complexity index is 787. The number of hydrogen-bond acceptors (Lipinski definition) is 5. The fraction of sp³-hybridized carbons (Fsp3) is 0.333. The second-order valence-electron chi connectivity index (χ2n) is 5.49. The molecule has 2 rings (SSSR count). The van der Waals surface area contributed by atoms with Gasteiger partial charge in [-0.1, -0.05) is 35.3 Å². The van der Waals surface area contributed by atoms with Crippen molar-refractivity contribution in [2.75, 3.05) is 13.7 Å². The number of benzene rings is 1. The molecule has 1 N–H and O–H groups in total. The van der Waals surface area contributed by atoms with E-state index in [2.05, 4.69) is 5.32 Å². The van der Waals surface area contributed by atoms with Gasteiger partial charge in [0.2, 0.25) is 0 Å². The second kappa shape index (κ2) is 9.31. The van der Waals surface area contributed by atoms with E-state index in [-0.39, 0.29) is 24.0 Å². The van der Waals surface area contributed by atoms with Crippen LogP contribution in [0.1, 0.15) is 32.3 Å². The Labute approximate surface area is 168 Å². The molecule has 0 bridgehead atoms. The van der Waals surface area contributed by atoms with E-state index >= 15 is 0 Å². The van der Waals surface area contributed by atoms with Crippen LogP contribution in [0.15, 0.2) is 40.7 Å². The van der Waals surface area contributed by atoms with Crippen LogP contribution in [0, 0.1) is 0 Å². The van der Waals surface area contributed by atoms with E-state index in [4.69, 9.17) is 32.7 Å². The number of carbonyl (C=O) groups excluding carboxylic acids is 2. The first-order valence-corrected chi connectivity index (χ1v) is 8.46. The lowest BCUT2D eigenvalue weighted by Crippen LogP contribution is -2.32. The van der Waals surface area contributed by atoms with Crippen LogP contribution in [-0.2, 0) is 19.1 Å². The molecule has 0 fully saturated rings. The fourth-order valence-electron chi connectivity index (χ4n) is 2.91. The average Bonchev–Trinajstić information content (AvgIpc) is 2.56. The van der Waals surface area contributed by atoms with Crippen molar-refractivity contribution in [2.45, 2.75) is 26.7 Å². The van der Waals surface area contributed by atoms with E-state index < -0.39 is 17.9 Å². The molecule has 1 aliphatic rings. The summed E-state index contributed by atoms with van der Waals surface area (Å²) in [6, 6.07) is 5.09. The molecule has 142 valence electrons. The molecule has 0 saturated carbocycles. The van der Waals surface area contributed by atoms with Gasteiger partial charge in [-0.3, -0.25) is 0 Å². The molecule has 1 unspecified atom stereocenters. The smallest absolute Gasteiger partial charge is 0.336 e. The lowest BCUT2D eigenvalue weighted by molar-refractivity contribution is -0.139. The zero-order valence-electron chi connectivity index (χ0n) is 14.8. The lowest BCUT2D eigenvalue weighted by atomic mass is 9.80. The number of halogens is 3. The highest BCUT2D eigenvalue weighted by Crippen LogP contribution is 2.43. The third-order valence-electron chi connectivity index (χ3n) is 3.95. The van der Waals surface area contributed by atoms with Crippen molar-refractivity contribution in [1.82, 2.24) is 5.32 Å². The molecule has 0 aliphatic carbocycles. The van der Waals surface area contributed by atoms with E-state index in [9.17, 15) is 9.59 Å². The van der Waals surface area contributed by atoms with Gasteiger partial charge in [0.25, 0.3) is 0 Å². The highest BCUT2D eigenvalue weighted by atomic mass is 35.5. The Morgan fingerprint density at radius 1 is 1.12 bits per heavy atom. The van der Waals surface area contributed by atoms with Crippen molar-refractivity contribution >= 4 is 47.5 Å². The number of ether oxygens (including phenoxy) is 2. The monoisotopic (exact) mass is 419 g/mol. The number of carbonyl (C=O) groups is 2. The molecule has 1 atom stereocenters. The minimum atomic E-state index is -0.737. The molecular weight excluding hydrogens is 401 g/mol. The normalized spacial score (nSPS) is 16.6. The van der Waals surface area contributed by atoms with Crippen molar-refractivity contribution in [3.63, 3.8) is 0 Å². The van der Waals surface area contributed by atoms with Gasteiger partial charge in [0, 0.05) is 11.4 Å². The summed E-state index contributed by atoms with van der Waals surface area (Å²) in [5, 5.41) is 3.66. The van der Waals surface area contributed by atoms with Crippen molar-refractivity contribution in [3.05, 3.63) is 56.3 Å². The van der Waals surface area contributed by atoms with E-state index in [1.54, 1.807) is 39.0 Å². The molecule has 26 heavy (non-hydrogen) atoms. The minimum Gasteiger partial charge on any atom is -0.466 e. The molecule has 5 nitrogen and oxygen atoms in total. The number of nitrogens with one attached hydrogen (secondary N) is 1.